The van der Waals surface area contributed by atoms with Crippen molar-refractivity contribution in [1.82, 2.24) is 24.8 Å². The van der Waals surface area contributed by atoms with Gasteiger partial charge in [-0.3, -0.25) is 9.59 Å². The molecule has 9 heteroatoms. The molecule has 2 aromatic rings. The maximum absolute atomic E-state index is 13.9. The molecular weight excluding hydrogens is 341 g/mol. The summed E-state index contributed by atoms with van der Waals surface area (Å²) in [6.45, 7) is 1.79. The summed E-state index contributed by atoms with van der Waals surface area (Å²) in [5, 5.41) is 7.94. The van der Waals surface area contributed by atoms with E-state index in [-0.39, 0.29) is 48.8 Å². The van der Waals surface area contributed by atoms with Gasteiger partial charge in [0.25, 0.3) is 11.8 Å². The van der Waals surface area contributed by atoms with Crippen molar-refractivity contribution in [2.24, 2.45) is 0 Å². The summed E-state index contributed by atoms with van der Waals surface area (Å²) < 4.78 is 20.6. The highest BCUT2D eigenvalue weighted by atomic mass is 19.1. The van der Waals surface area contributed by atoms with Gasteiger partial charge in [-0.1, -0.05) is 5.21 Å². The Morgan fingerprint density at radius 3 is 2.81 bits per heavy atom. The van der Waals surface area contributed by atoms with Crippen LogP contribution >= 0.6 is 0 Å². The second-order valence-electron chi connectivity index (χ2n) is 6.75. The number of carbonyl (C=O) groups excluding carboxylic acids is 2. The molecule has 2 amide bonds. The van der Waals surface area contributed by atoms with E-state index in [2.05, 4.69) is 10.3 Å². The van der Waals surface area contributed by atoms with Crippen LogP contribution in [0.25, 0.3) is 0 Å². The number of furan rings is 1. The van der Waals surface area contributed by atoms with E-state index >= 15 is 0 Å². The number of halogens is 1. The summed E-state index contributed by atoms with van der Waals surface area (Å²) in [5.74, 6) is -0.284. The summed E-state index contributed by atoms with van der Waals surface area (Å²) in [5.41, 5.74) is 0.283. The molecule has 8 nitrogen and oxygen atoms in total. The second kappa shape index (κ2) is 6.89. The average Bonchev–Trinajstić information content (AvgIpc) is 3.41. The van der Waals surface area contributed by atoms with Gasteiger partial charge < -0.3 is 14.2 Å². The number of carbonyl (C=O) groups is 2. The van der Waals surface area contributed by atoms with E-state index in [1.807, 2.05) is 0 Å². The SMILES string of the molecule is O=C(c1cn(C[C@@H]2C[C@H](F)CN2C(=O)c2ccco2)nn1)N1CCCC1. The van der Waals surface area contributed by atoms with Gasteiger partial charge in [-0.2, -0.15) is 0 Å². The molecule has 0 unspecified atom stereocenters. The van der Waals surface area contributed by atoms with Crippen LogP contribution in [-0.4, -0.2) is 68.5 Å². The molecule has 2 aliphatic rings. The van der Waals surface area contributed by atoms with Gasteiger partial charge in [0, 0.05) is 19.5 Å². The summed E-state index contributed by atoms with van der Waals surface area (Å²) in [4.78, 5) is 28.1. The smallest absolute Gasteiger partial charge is 0.289 e. The average molecular weight is 361 g/mol. The standard InChI is InChI=1S/C17H20FN5O3/c18-12-8-13(23(9-12)17(25)15-4-3-7-26-15)10-22-11-14(19-20-22)16(24)21-5-1-2-6-21/h3-4,7,11-13H,1-2,5-6,8-10H2/t12-,13-/m0/s1. The first-order valence-electron chi connectivity index (χ1n) is 8.80. The van der Waals surface area contributed by atoms with Crippen LogP contribution in [0.4, 0.5) is 4.39 Å². The lowest BCUT2D eigenvalue weighted by molar-refractivity contribution is 0.0681. The molecule has 0 aromatic carbocycles. The van der Waals surface area contributed by atoms with Crippen LogP contribution in [0.5, 0.6) is 0 Å². The van der Waals surface area contributed by atoms with Crippen molar-refractivity contribution in [3.05, 3.63) is 36.0 Å². The van der Waals surface area contributed by atoms with E-state index in [1.165, 1.54) is 15.8 Å². The highest BCUT2D eigenvalue weighted by Crippen LogP contribution is 2.24. The van der Waals surface area contributed by atoms with Gasteiger partial charge in [-0.15, -0.1) is 5.10 Å². The minimum absolute atomic E-state index is 0.0263. The van der Waals surface area contributed by atoms with Crippen molar-refractivity contribution < 1.29 is 18.4 Å². The van der Waals surface area contributed by atoms with E-state index in [1.54, 1.807) is 23.2 Å². The number of hydrogen-bond donors (Lipinski definition) is 0. The van der Waals surface area contributed by atoms with Gasteiger partial charge in [-0.25, -0.2) is 9.07 Å². The number of likely N-dealkylation sites (tertiary alicyclic amines) is 2. The lowest BCUT2D eigenvalue weighted by Crippen LogP contribution is -2.38. The zero-order chi connectivity index (χ0) is 18.1. The van der Waals surface area contributed by atoms with Crippen molar-refractivity contribution in [2.45, 2.75) is 38.0 Å². The van der Waals surface area contributed by atoms with E-state index in [4.69, 9.17) is 4.42 Å². The maximum atomic E-state index is 13.9. The van der Waals surface area contributed by atoms with Crippen molar-refractivity contribution in [2.75, 3.05) is 19.6 Å². The lowest BCUT2D eigenvalue weighted by Gasteiger charge is -2.23. The zero-order valence-electron chi connectivity index (χ0n) is 14.3. The minimum Gasteiger partial charge on any atom is -0.459 e. The van der Waals surface area contributed by atoms with E-state index in [0.29, 0.717) is 0 Å². The molecule has 0 saturated carbocycles. The fraction of sp³-hybridized carbons (Fsp3) is 0.529. The Labute approximate surface area is 149 Å². The number of aromatic nitrogens is 3. The molecule has 4 rings (SSSR count). The summed E-state index contributed by atoms with van der Waals surface area (Å²) >= 11 is 0. The molecule has 0 bridgehead atoms. The molecule has 2 aromatic heterocycles. The number of rotatable bonds is 4. The Morgan fingerprint density at radius 1 is 1.27 bits per heavy atom. The van der Waals surface area contributed by atoms with E-state index in [0.717, 1.165) is 25.9 Å². The van der Waals surface area contributed by atoms with Crippen LogP contribution < -0.4 is 0 Å². The van der Waals surface area contributed by atoms with Gasteiger partial charge in [-0.05, 0) is 25.0 Å². The topological polar surface area (TPSA) is 84.5 Å². The summed E-state index contributed by atoms with van der Waals surface area (Å²) in [7, 11) is 0. The molecule has 2 fully saturated rings. The molecular formula is C17H20FN5O3. The van der Waals surface area contributed by atoms with Gasteiger partial charge in [0.1, 0.15) is 6.17 Å². The Morgan fingerprint density at radius 2 is 2.08 bits per heavy atom. The molecule has 4 heterocycles. The van der Waals surface area contributed by atoms with Gasteiger partial charge >= 0.3 is 0 Å². The number of amides is 2. The zero-order valence-corrected chi connectivity index (χ0v) is 14.3. The maximum Gasteiger partial charge on any atom is 0.289 e. The largest absolute Gasteiger partial charge is 0.459 e. The molecule has 2 atom stereocenters. The molecule has 0 N–H and O–H groups in total. The van der Waals surface area contributed by atoms with Gasteiger partial charge in [0.2, 0.25) is 0 Å². The third-order valence-corrected chi connectivity index (χ3v) is 4.91. The number of alkyl halides is 1. The van der Waals surface area contributed by atoms with Crippen molar-refractivity contribution in [1.29, 1.82) is 0 Å². The first-order chi connectivity index (χ1) is 12.6. The fourth-order valence-electron chi connectivity index (χ4n) is 3.61. The Balaban J connectivity index is 1.45. The van der Waals surface area contributed by atoms with Crippen molar-refractivity contribution in [3.8, 4) is 0 Å². The van der Waals surface area contributed by atoms with Crippen molar-refractivity contribution in [3.63, 3.8) is 0 Å². The van der Waals surface area contributed by atoms with Gasteiger partial charge in [0.05, 0.1) is 31.6 Å². The van der Waals surface area contributed by atoms with Gasteiger partial charge in [0.15, 0.2) is 11.5 Å². The molecule has 2 aliphatic heterocycles. The predicted molar refractivity (Wildman–Crippen MR) is 88.2 cm³/mol. The predicted octanol–water partition coefficient (Wildman–Crippen LogP) is 1.36. The van der Waals surface area contributed by atoms with E-state index < -0.39 is 6.17 Å². The number of nitrogens with zero attached hydrogens (tertiary/aromatic N) is 5. The normalized spacial score (nSPS) is 23.0. The Kier molecular flexibility index (Phi) is 4.44. The number of hydrogen-bond acceptors (Lipinski definition) is 5. The third-order valence-electron chi connectivity index (χ3n) is 4.91. The summed E-state index contributed by atoms with van der Waals surface area (Å²) in [6.07, 6.45) is 4.13. The third kappa shape index (κ3) is 3.21. The Hall–Kier alpha value is -2.71. The van der Waals surface area contributed by atoms with Crippen LogP contribution in [0.15, 0.2) is 29.0 Å². The van der Waals surface area contributed by atoms with Crippen LogP contribution in [0.2, 0.25) is 0 Å². The first-order valence-corrected chi connectivity index (χ1v) is 8.80. The molecule has 138 valence electrons. The fourth-order valence-corrected chi connectivity index (χ4v) is 3.61. The highest BCUT2D eigenvalue weighted by Gasteiger charge is 2.37. The molecule has 0 aliphatic carbocycles. The van der Waals surface area contributed by atoms with Crippen molar-refractivity contribution >= 4 is 11.8 Å². The lowest BCUT2D eigenvalue weighted by atomic mass is 10.2. The second-order valence-corrected chi connectivity index (χ2v) is 6.75. The minimum atomic E-state index is -1.09. The highest BCUT2D eigenvalue weighted by molar-refractivity contribution is 5.92. The van der Waals surface area contributed by atoms with Crippen LogP contribution in [0.3, 0.4) is 0 Å². The molecule has 0 spiro atoms. The molecule has 26 heavy (non-hydrogen) atoms. The Bertz CT molecular complexity index is 784. The van der Waals surface area contributed by atoms with E-state index in [9.17, 15) is 14.0 Å². The molecule has 0 radical (unpaired) electrons. The summed E-state index contributed by atoms with van der Waals surface area (Å²) in [6, 6.07) is 2.82. The molecule has 2 saturated heterocycles. The first kappa shape index (κ1) is 16.7. The van der Waals surface area contributed by atoms with Crippen LogP contribution in [-0.2, 0) is 6.54 Å². The monoisotopic (exact) mass is 361 g/mol. The van der Waals surface area contributed by atoms with Crippen LogP contribution in [0.1, 0.15) is 40.3 Å². The van der Waals surface area contributed by atoms with Crippen LogP contribution in [0, 0.1) is 0 Å². The quantitative estimate of drug-likeness (QED) is 0.821.